The lowest BCUT2D eigenvalue weighted by atomic mass is 10.1. The number of phosphoric ester groups is 2. The maximum Gasteiger partial charge on any atom is 0.472 e. The van der Waals surface area contributed by atoms with Gasteiger partial charge in [0.2, 0.25) is 0 Å². The number of aliphatic hydroxyl groups excluding tert-OH is 2. The van der Waals surface area contributed by atoms with E-state index >= 15 is 0 Å². The Labute approximate surface area is 612 Å². The van der Waals surface area contributed by atoms with Crippen molar-refractivity contribution in [3.8, 4) is 0 Å². The highest BCUT2D eigenvalue weighted by Crippen LogP contribution is 2.45. The van der Waals surface area contributed by atoms with Gasteiger partial charge in [0.15, 0.2) is 6.10 Å². The van der Waals surface area contributed by atoms with Gasteiger partial charge < -0.3 is 34.2 Å². The summed E-state index contributed by atoms with van der Waals surface area (Å²) in [7, 11) is -9.82. The molecule has 5 atom stereocenters. The van der Waals surface area contributed by atoms with E-state index in [0.29, 0.717) is 19.3 Å². The highest BCUT2D eigenvalue weighted by Gasteiger charge is 2.29. The van der Waals surface area contributed by atoms with Gasteiger partial charge in [-0.25, -0.2) is 9.13 Å². The second kappa shape index (κ2) is 74.6. The lowest BCUT2D eigenvalue weighted by molar-refractivity contribution is -0.161. The molecule has 0 aromatic rings. The lowest BCUT2D eigenvalue weighted by Gasteiger charge is -2.21. The molecule has 0 fully saturated rings. The van der Waals surface area contributed by atoms with Crippen LogP contribution in [0.25, 0.3) is 0 Å². The molecule has 16 nitrogen and oxygen atoms in total. The molecule has 101 heavy (non-hydrogen) atoms. The molecule has 0 heterocycles. The molecule has 0 aromatic carbocycles. The predicted octanol–water partition coefficient (Wildman–Crippen LogP) is 22.4. The van der Waals surface area contributed by atoms with Crippen LogP contribution in [-0.2, 0) is 55.8 Å². The summed E-state index contributed by atoms with van der Waals surface area (Å²) in [5.41, 5.74) is 0. The van der Waals surface area contributed by atoms with Crippen molar-refractivity contribution in [3.63, 3.8) is 0 Å². The van der Waals surface area contributed by atoms with Crippen LogP contribution in [0.4, 0.5) is 0 Å². The van der Waals surface area contributed by atoms with Crippen LogP contribution in [-0.4, -0.2) is 95.9 Å². The molecule has 0 aliphatic heterocycles. The van der Waals surface area contributed by atoms with Crippen molar-refractivity contribution in [2.75, 3.05) is 39.6 Å². The van der Waals surface area contributed by atoms with Crippen LogP contribution in [0.3, 0.4) is 0 Å². The lowest BCUT2D eigenvalue weighted by Crippen LogP contribution is -2.30. The number of phosphoric acid groups is 2. The number of unbranched alkanes of at least 4 members (excludes halogenated alkanes) is 20. The van der Waals surface area contributed by atoms with Crippen molar-refractivity contribution in [2.24, 2.45) is 0 Å². The largest absolute Gasteiger partial charge is 0.472 e. The number of hydrogen-bond donors (Lipinski definition) is 4. The van der Waals surface area contributed by atoms with Gasteiger partial charge in [0.05, 0.1) is 26.4 Å². The Morgan fingerprint density at radius 3 is 0.832 bits per heavy atom. The molecule has 0 aliphatic carbocycles. The van der Waals surface area contributed by atoms with Gasteiger partial charge in [-0.2, -0.15) is 0 Å². The number of ether oxygens (including phenoxy) is 3. The Balaban J connectivity index is 4.71. The molecule has 0 rings (SSSR count). The molecule has 0 saturated heterocycles. The molecule has 0 saturated carbocycles. The number of hydrogen-bond acceptors (Lipinski definition) is 14. The summed E-state index contributed by atoms with van der Waals surface area (Å²) in [6, 6.07) is 0. The minimum atomic E-state index is -4.95. The first kappa shape index (κ1) is 95.9. The monoisotopic (exact) mass is 1450 g/mol. The molecule has 18 heteroatoms. The van der Waals surface area contributed by atoms with Crippen LogP contribution in [0.1, 0.15) is 278 Å². The summed E-state index contributed by atoms with van der Waals surface area (Å²) >= 11 is 0. The molecule has 0 aliphatic rings. The van der Waals surface area contributed by atoms with Crippen LogP contribution >= 0.6 is 15.6 Å². The molecular weight excluding hydrogens is 1310 g/mol. The zero-order chi connectivity index (χ0) is 73.7. The highest BCUT2D eigenvalue weighted by molar-refractivity contribution is 7.47. The van der Waals surface area contributed by atoms with E-state index in [2.05, 4.69) is 191 Å². The van der Waals surface area contributed by atoms with Crippen molar-refractivity contribution in [2.45, 2.75) is 296 Å². The minimum absolute atomic E-state index is 0.0634. The average molecular weight is 1450 g/mol. The number of rotatable bonds is 71. The smallest absolute Gasteiger partial charge is 0.463 e. The maximum atomic E-state index is 13.0. The van der Waals surface area contributed by atoms with E-state index in [-0.39, 0.29) is 19.3 Å². The SMILES string of the molecule is CC/C=C\C/C=C\C/C=C\C/C=C\C/C=C\C/C=C\CCCCCCC(=O)OCC(COP(=O)(O)OCC(O)COP(=O)(O)OCC(O)COC(=O)CCCCCCCCCCC/C=C\C/C=C\C/C=C\C/C=C\CCCCC)OC(=O)CCCCCC/C=C\C/C=C\C/C=C\C/C=C\CC. The second-order valence-electron chi connectivity index (χ2n) is 25.0. The Hall–Kier alpha value is -5.09. The third-order valence-electron chi connectivity index (χ3n) is 15.4. The molecule has 0 bridgehead atoms. The second-order valence-corrected chi connectivity index (χ2v) is 27.9. The molecule has 4 N–H and O–H groups in total. The molecule has 0 amide bonds. The van der Waals surface area contributed by atoms with Crippen LogP contribution < -0.4 is 0 Å². The first-order chi connectivity index (χ1) is 49.2. The van der Waals surface area contributed by atoms with Gasteiger partial charge in [0.25, 0.3) is 0 Å². The fourth-order valence-electron chi connectivity index (χ4n) is 9.61. The van der Waals surface area contributed by atoms with Crippen molar-refractivity contribution in [3.05, 3.63) is 170 Å². The van der Waals surface area contributed by atoms with Gasteiger partial charge in [0, 0.05) is 19.3 Å². The Kier molecular flexibility index (Phi) is 70.9. The van der Waals surface area contributed by atoms with Gasteiger partial charge in [-0.3, -0.25) is 32.5 Å². The van der Waals surface area contributed by atoms with Crippen LogP contribution in [0.5, 0.6) is 0 Å². The number of aliphatic hydroxyl groups is 2. The zero-order valence-electron chi connectivity index (χ0n) is 62.5. The third-order valence-corrected chi connectivity index (χ3v) is 17.3. The van der Waals surface area contributed by atoms with E-state index < -0.39 is 91.5 Å². The van der Waals surface area contributed by atoms with Crippen LogP contribution in [0.2, 0.25) is 0 Å². The van der Waals surface area contributed by atoms with E-state index in [1.54, 1.807) is 0 Å². The topological polar surface area (TPSA) is 231 Å². The van der Waals surface area contributed by atoms with E-state index in [1.807, 2.05) is 0 Å². The van der Waals surface area contributed by atoms with E-state index in [0.717, 1.165) is 167 Å². The summed E-state index contributed by atoms with van der Waals surface area (Å²) in [6.07, 6.45) is 93.9. The normalized spacial score (nSPS) is 15.0. The zero-order valence-corrected chi connectivity index (χ0v) is 64.3. The standard InChI is InChI=1S/C83H136O16P2/c1-4-7-10-13-16-19-22-25-28-31-33-35-37-38-40-42-43-46-48-51-54-57-60-63-66-69-81(86)93-72-78(84)73-95-100(89,90)96-74-79(85)75-97-101(91,92)98-77-80(99-83(88)71-68-65-62-59-56-53-50-45-30-27-24-21-18-15-12-9-6-3)76-94-82(87)70-67-64-61-58-55-52-49-47-44-41-39-36-34-32-29-26-23-20-17-14-11-8-5-2/h8-9,11-12,16-21,25-30,33-36,38,40-41,44,49-50,52-53,78-80,84-85H,4-7,10,13-15,22-24,31-32,37,39,42-43,45-48,51,54-77H2,1-3H3,(H,89,90)(H,91,92)/b11-8-,12-9-,19-16-,20-17-,21-18-,28-25-,29-26-,30-27-,35-33-,36-34-,40-38-,44-41-,52-49-,53-50-. The molecule has 574 valence electrons. The summed E-state index contributed by atoms with van der Waals surface area (Å²) in [4.78, 5) is 58.6. The van der Waals surface area contributed by atoms with Gasteiger partial charge in [-0.05, 0) is 154 Å². The molecule has 0 aromatic heterocycles. The third kappa shape index (κ3) is 75.9. The predicted molar refractivity (Wildman–Crippen MR) is 417 cm³/mol. The molecule has 0 radical (unpaired) electrons. The fourth-order valence-corrected chi connectivity index (χ4v) is 11.2. The molecule has 5 unspecified atom stereocenters. The first-order valence-corrected chi connectivity index (χ1v) is 41.4. The van der Waals surface area contributed by atoms with Crippen molar-refractivity contribution >= 4 is 33.6 Å². The van der Waals surface area contributed by atoms with Crippen molar-refractivity contribution in [1.82, 2.24) is 0 Å². The fraction of sp³-hybridized carbons (Fsp3) is 0.627. The Morgan fingerprint density at radius 1 is 0.287 bits per heavy atom. The summed E-state index contributed by atoms with van der Waals surface area (Å²) in [5, 5.41) is 20.6. The van der Waals surface area contributed by atoms with Gasteiger partial charge in [-0.15, -0.1) is 0 Å². The first-order valence-electron chi connectivity index (χ1n) is 38.4. The minimum Gasteiger partial charge on any atom is -0.463 e. The van der Waals surface area contributed by atoms with Crippen molar-refractivity contribution < 1.29 is 75.8 Å². The van der Waals surface area contributed by atoms with Crippen molar-refractivity contribution in [1.29, 1.82) is 0 Å². The molecular formula is C83H136O16P2. The van der Waals surface area contributed by atoms with E-state index in [9.17, 15) is 43.5 Å². The summed E-state index contributed by atoms with van der Waals surface area (Å²) in [5.74, 6) is -1.65. The quantitative estimate of drug-likeness (QED) is 0.0146. The van der Waals surface area contributed by atoms with Crippen LogP contribution in [0.15, 0.2) is 170 Å². The maximum absolute atomic E-state index is 13.0. The summed E-state index contributed by atoms with van der Waals surface area (Å²) < 4.78 is 61.1. The van der Waals surface area contributed by atoms with E-state index in [4.69, 9.17) is 32.3 Å². The molecule has 0 spiro atoms. The Bertz CT molecular complexity index is 2520. The number of allylic oxidation sites excluding steroid dienone is 28. The highest BCUT2D eigenvalue weighted by atomic mass is 31.2. The van der Waals surface area contributed by atoms with Gasteiger partial charge >= 0.3 is 33.6 Å². The van der Waals surface area contributed by atoms with Gasteiger partial charge in [-0.1, -0.05) is 274 Å². The Morgan fingerprint density at radius 2 is 0.525 bits per heavy atom. The van der Waals surface area contributed by atoms with Crippen LogP contribution in [0, 0.1) is 0 Å². The number of carbonyl (C=O) groups excluding carboxylic acids is 3. The average Bonchev–Trinajstić information content (AvgIpc) is 0.941. The number of esters is 3. The van der Waals surface area contributed by atoms with Gasteiger partial charge in [0.1, 0.15) is 25.4 Å². The van der Waals surface area contributed by atoms with E-state index in [1.165, 1.54) is 51.4 Å². The number of carbonyl (C=O) groups is 3. The summed E-state index contributed by atoms with van der Waals surface area (Å²) in [6.45, 7) is 2.34.